The third-order valence-corrected chi connectivity index (χ3v) is 2.91. The Labute approximate surface area is 108 Å². The van der Waals surface area contributed by atoms with Gasteiger partial charge in [-0.05, 0) is 6.92 Å². The van der Waals surface area contributed by atoms with Gasteiger partial charge in [0.15, 0.2) is 0 Å². The fraction of sp³-hybridized carbons (Fsp3) is 0.444. The van der Waals surface area contributed by atoms with Gasteiger partial charge in [-0.25, -0.2) is 4.98 Å². The van der Waals surface area contributed by atoms with E-state index in [9.17, 15) is 20.3 Å². The van der Waals surface area contributed by atoms with Gasteiger partial charge in [0.2, 0.25) is 0 Å². The number of rotatable bonds is 4. The summed E-state index contributed by atoms with van der Waals surface area (Å²) in [4.78, 5) is 13.8. The molecule has 1 rings (SSSR count). The molecule has 2 atom stereocenters. The molecule has 8 heteroatoms. The quantitative estimate of drug-likeness (QED) is 0.334. The average Bonchev–Trinajstić information content (AvgIpc) is 2.26. The predicted octanol–water partition coefficient (Wildman–Crippen LogP) is 1.28. The smallest absolute Gasteiger partial charge is 0.290 e. The summed E-state index contributed by atoms with van der Waals surface area (Å²) in [5.41, 5.74) is -0.0864. The second-order valence-corrected chi connectivity index (χ2v) is 4.15. The lowest BCUT2D eigenvalue weighted by Crippen LogP contribution is -2.20. The van der Waals surface area contributed by atoms with Crippen molar-refractivity contribution in [2.24, 2.45) is 0 Å². The van der Waals surface area contributed by atoms with E-state index in [1.54, 1.807) is 0 Å². The van der Waals surface area contributed by atoms with Gasteiger partial charge < -0.3 is 10.2 Å². The van der Waals surface area contributed by atoms with E-state index in [4.69, 9.17) is 11.6 Å². The molecule has 94 valence electrons. The van der Waals surface area contributed by atoms with Gasteiger partial charge in [0.1, 0.15) is 17.0 Å². The molecule has 0 amide bonds. The third kappa shape index (κ3) is 3.06. The molecule has 1 aromatic heterocycles. The molecule has 0 aliphatic carbocycles. The summed E-state index contributed by atoms with van der Waals surface area (Å²) in [6.45, 7) is 1.44. The van der Waals surface area contributed by atoms with Crippen molar-refractivity contribution < 1.29 is 15.1 Å². The number of aliphatic hydroxyl groups is 2. The van der Waals surface area contributed by atoms with E-state index in [1.165, 1.54) is 6.92 Å². The molecule has 0 saturated heterocycles. The second kappa shape index (κ2) is 5.63. The Hall–Kier alpha value is -0.890. The van der Waals surface area contributed by atoms with Crippen LogP contribution in [0.4, 0.5) is 5.69 Å². The van der Waals surface area contributed by atoms with Crippen LogP contribution in [0.25, 0.3) is 0 Å². The molecule has 0 saturated carbocycles. The predicted molar refractivity (Wildman–Crippen MR) is 65.5 cm³/mol. The number of pyridine rings is 1. The Morgan fingerprint density at radius 2 is 2.24 bits per heavy atom. The lowest BCUT2D eigenvalue weighted by Gasteiger charge is -2.17. The topological polar surface area (TPSA) is 96.5 Å². The molecule has 0 aliphatic rings. The largest absolute Gasteiger partial charge is 0.389 e. The van der Waals surface area contributed by atoms with Crippen molar-refractivity contribution in [2.45, 2.75) is 19.1 Å². The maximum Gasteiger partial charge on any atom is 0.290 e. The Bertz CT molecular complexity index is 443. The zero-order valence-electron chi connectivity index (χ0n) is 8.87. The molecule has 2 N–H and O–H groups in total. The van der Waals surface area contributed by atoms with Gasteiger partial charge in [-0.1, -0.05) is 11.6 Å². The van der Waals surface area contributed by atoms with Crippen LogP contribution in [-0.2, 0) is 0 Å². The number of nitro groups is 1. The molecule has 0 aromatic carbocycles. The van der Waals surface area contributed by atoms with Gasteiger partial charge >= 0.3 is 0 Å². The number of aliphatic hydroxyl groups excluding tert-OH is 2. The summed E-state index contributed by atoms with van der Waals surface area (Å²) in [7, 11) is 0. The van der Waals surface area contributed by atoms with E-state index in [0.29, 0.717) is 0 Å². The van der Waals surface area contributed by atoms with Crippen LogP contribution < -0.4 is 0 Å². The highest BCUT2D eigenvalue weighted by atomic mass is 35.5. The molecule has 0 spiro atoms. The highest BCUT2D eigenvalue weighted by molar-refractivity contribution is 7.80. The third-order valence-electron chi connectivity index (χ3n) is 2.23. The zero-order chi connectivity index (χ0) is 13.2. The van der Waals surface area contributed by atoms with Gasteiger partial charge in [0.05, 0.1) is 11.0 Å². The monoisotopic (exact) mass is 278 g/mol. The Morgan fingerprint density at radius 1 is 1.65 bits per heavy atom. The number of hydrogen-bond donors (Lipinski definition) is 3. The molecule has 2 unspecified atom stereocenters. The van der Waals surface area contributed by atoms with Crippen LogP contribution in [0, 0.1) is 17.0 Å². The first-order valence-corrected chi connectivity index (χ1v) is 5.68. The number of thiol groups is 1. The Kier molecular flexibility index (Phi) is 4.70. The Morgan fingerprint density at radius 3 is 2.71 bits per heavy atom. The Balaban J connectivity index is 3.24. The zero-order valence-corrected chi connectivity index (χ0v) is 10.5. The summed E-state index contributed by atoms with van der Waals surface area (Å²) < 4.78 is 0. The number of nitrogens with zero attached hydrogens (tertiary/aromatic N) is 2. The molecule has 0 aliphatic heterocycles. The van der Waals surface area contributed by atoms with E-state index in [1.807, 2.05) is 0 Å². The fourth-order valence-corrected chi connectivity index (χ4v) is 1.77. The second-order valence-electron chi connectivity index (χ2n) is 3.42. The molecule has 1 aromatic rings. The van der Waals surface area contributed by atoms with Gasteiger partial charge in [-0.3, -0.25) is 10.1 Å². The lowest BCUT2D eigenvalue weighted by atomic mass is 10.1. The minimum Gasteiger partial charge on any atom is -0.389 e. The maximum atomic E-state index is 10.7. The standard InChI is InChI=1S/C9H11ClN2O4S/c1-4-6(12(15)16)2-5(9(10)11-4)8(14)7(13)3-17/h2,7-8,13-14,17H,3H2,1H3. The molecule has 0 bridgehead atoms. The van der Waals surface area contributed by atoms with Crippen LogP contribution in [0.15, 0.2) is 6.07 Å². The van der Waals surface area contributed by atoms with E-state index < -0.39 is 17.1 Å². The van der Waals surface area contributed by atoms with Gasteiger partial charge in [-0.2, -0.15) is 12.6 Å². The van der Waals surface area contributed by atoms with Crippen LogP contribution in [0.1, 0.15) is 17.4 Å². The number of aromatic nitrogens is 1. The van der Waals surface area contributed by atoms with Crippen molar-refractivity contribution in [3.05, 3.63) is 32.6 Å². The molecular formula is C9H11ClN2O4S. The molecule has 0 fully saturated rings. The van der Waals surface area contributed by atoms with Crippen LogP contribution in [-0.4, -0.2) is 32.0 Å². The first-order chi connectivity index (χ1) is 7.88. The maximum absolute atomic E-state index is 10.7. The van der Waals surface area contributed by atoms with Crippen molar-refractivity contribution in [1.29, 1.82) is 0 Å². The molecule has 17 heavy (non-hydrogen) atoms. The van der Waals surface area contributed by atoms with Gasteiger partial charge in [0, 0.05) is 17.4 Å². The minimum atomic E-state index is -1.35. The summed E-state index contributed by atoms with van der Waals surface area (Å²) >= 11 is 9.59. The van der Waals surface area contributed by atoms with Crippen LogP contribution in [0.3, 0.4) is 0 Å². The summed E-state index contributed by atoms with van der Waals surface area (Å²) in [5, 5.41) is 29.8. The van der Waals surface area contributed by atoms with Crippen molar-refractivity contribution in [1.82, 2.24) is 4.98 Å². The van der Waals surface area contributed by atoms with Crippen molar-refractivity contribution in [3.63, 3.8) is 0 Å². The highest BCUT2D eigenvalue weighted by Crippen LogP contribution is 2.29. The lowest BCUT2D eigenvalue weighted by molar-refractivity contribution is -0.385. The first-order valence-electron chi connectivity index (χ1n) is 4.67. The van der Waals surface area contributed by atoms with Crippen LogP contribution >= 0.6 is 24.2 Å². The van der Waals surface area contributed by atoms with Crippen molar-refractivity contribution >= 4 is 29.9 Å². The van der Waals surface area contributed by atoms with Crippen molar-refractivity contribution in [3.8, 4) is 0 Å². The summed E-state index contributed by atoms with van der Waals surface area (Å²) in [6, 6.07) is 1.11. The average molecular weight is 279 g/mol. The highest BCUT2D eigenvalue weighted by Gasteiger charge is 2.24. The molecule has 1 heterocycles. The summed E-state index contributed by atoms with van der Waals surface area (Å²) in [5.74, 6) is -0.000824. The number of hydrogen-bond acceptors (Lipinski definition) is 6. The van der Waals surface area contributed by atoms with Crippen LogP contribution in [0.2, 0.25) is 5.15 Å². The van der Waals surface area contributed by atoms with E-state index in [-0.39, 0.29) is 27.9 Å². The van der Waals surface area contributed by atoms with Gasteiger partial charge in [0.25, 0.3) is 5.69 Å². The minimum absolute atomic E-state index is 0.000824. The molecule has 0 radical (unpaired) electrons. The molecule has 6 nitrogen and oxygen atoms in total. The molecular weight excluding hydrogens is 268 g/mol. The normalized spacial score (nSPS) is 14.4. The number of aryl methyl sites for hydroxylation is 1. The SMILES string of the molecule is Cc1nc(Cl)c(C(O)C(O)CS)cc1[N+](=O)[O-]. The van der Waals surface area contributed by atoms with Gasteiger partial charge in [-0.15, -0.1) is 0 Å². The van der Waals surface area contributed by atoms with Crippen molar-refractivity contribution in [2.75, 3.05) is 5.75 Å². The first kappa shape index (κ1) is 14.2. The fourth-order valence-electron chi connectivity index (χ4n) is 1.28. The summed E-state index contributed by atoms with van der Waals surface area (Å²) in [6.07, 6.45) is -2.52. The van der Waals surface area contributed by atoms with E-state index in [2.05, 4.69) is 17.6 Å². The van der Waals surface area contributed by atoms with E-state index >= 15 is 0 Å². The number of halogens is 1. The van der Waals surface area contributed by atoms with E-state index in [0.717, 1.165) is 6.07 Å². The van der Waals surface area contributed by atoms with Crippen LogP contribution in [0.5, 0.6) is 0 Å².